The van der Waals surface area contributed by atoms with Crippen LogP contribution in [0.25, 0.3) is 33.7 Å². The number of aryl methyl sites for hydroxylation is 2. The van der Waals surface area contributed by atoms with Crippen molar-refractivity contribution in [3.63, 3.8) is 0 Å². The molecule has 0 saturated carbocycles. The minimum atomic E-state index is 0.246. The third kappa shape index (κ3) is 7.83. The van der Waals surface area contributed by atoms with Gasteiger partial charge in [-0.2, -0.15) is 5.10 Å². The Morgan fingerprint density at radius 2 is 1.72 bits per heavy atom. The zero-order chi connectivity index (χ0) is 41.7. The van der Waals surface area contributed by atoms with E-state index in [2.05, 4.69) is 129 Å². The second kappa shape index (κ2) is 16.3. The molecule has 0 aliphatic carbocycles. The van der Waals surface area contributed by atoms with Crippen molar-refractivity contribution in [3.05, 3.63) is 121 Å². The summed E-state index contributed by atoms with van der Waals surface area (Å²) in [6.45, 7) is 29.6. The molecule has 2 saturated heterocycles. The van der Waals surface area contributed by atoms with Crippen molar-refractivity contribution >= 4 is 39.8 Å². The lowest BCUT2D eigenvalue weighted by molar-refractivity contribution is 0.264. The molecule has 2 N–H and O–H groups in total. The summed E-state index contributed by atoms with van der Waals surface area (Å²) in [6, 6.07) is 18.2. The second-order valence-corrected chi connectivity index (χ2v) is 17.7. The highest BCUT2D eigenvalue weighted by Gasteiger charge is 2.32. The summed E-state index contributed by atoms with van der Waals surface area (Å²) in [5.74, 6) is 1.32. The van der Waals surface area contributed by atoms with E-state index < -0.39 is 0 Å². The maximum Gasteiger partial charge on any atom is 0.208 e. The van der Waals surface area contributed by atoms with Crippen LogP contribution in [0.4, 0.5) is 17.3 Å². The molecule has 2 bridgehead atoms. The van der Waals surface area contributed by atoms with Gasteiger partial charge in [0.1, 0.15) is 0 Å². The lowest BCUT2D eigenvalue weighted by Gasteiger charge is -2.37. The van der Waals surface area contributed by atoms with E-state index in [1.165, 1.54) is 33.7 Å². The molecule has 1 unspecified atom stereocenters. The van der Waals surface area contributed by atoms with E-state index >= 15 is 0 Å². The van der Waals surface area contributed by atoms with Crippen molar-refractivity contribution in [1.82, 2.24) is 39.4 Å². The molecule has 0 spiro atoms. The predicted octanol–water partition coefficient (Wildman–Crippen LogP) is 8.41. The zero-order valence-electron chi connectivity index (χ0n) is 36.1. The van der Waals surface area contributed by atoms with Crippen LogP contribution < -0.4 is 20.4 Å². The molecular weight excluding hydrogens is 743 g/mol. The normalized spacial score (nSPS) is 20.3. The fourth-order valence-corrected chi connectivity index (χ4v) is 9.75. The van der Waals surface area contributed by atoms with Crippen LogP contribution in [0.15, 0.2) is 92.4 Å². The van der Waals surface area contributed by atoms with Crippen molar-refractivity contribution in [2.24, 2.45) is 13.0 Å². The number of rotatable bonds is 6. The highest BCUT2D eigenvalue weighted by atomic mass is 15.3. The van der Waals surface area contributed by atoms with Gasteiger partial charge in [-0.1, -0.05) is 45.7 Å². The number of benzene rings is 2. The minimum absolute atomic E-state index is 0.246. The maximum atomic E-state index is 5.16. The molecule has 312 valence electrons. The number of likely N-dealkylation sites (N-methyl/N-ethyl adjacent to an activating group) is 1. The Balaban J connectivity index is 0.858. The third-order valence-corrected chi connectivity index (χ3v) is 13.3. The molecule has 7 heterocycles. The van der Waals surface area contributed by atoms with E-state index in [0.717, 1.165) is 148 Å². The van der Waals surface area contributed by atoms with Crippen molar-refractivity contribution in [3.8, 4) is 11.3 Å². The molecule has 11 heteroatoms. The molecule has 2 aromatic carbocycles. The molecule has 9 rings (SSSR count). The summed E-state index contributed by atoms with van der Waals surface area (Å²) in [7, 11) is 4.26. The first-order valence-corrected chi connectivity index (χ1v) is 21.9. The van der Waals surface area contributed by atoms with Gasteiger partial charge in [0.05, 0.1) is 29.0 Å². The van der Waals surface area contributed by atoms with Gasteiger partial charge in [-0.15, -0.1) is 0 Å². The standard InChI is InChI=1S/C49H61N11/c1-32-11-9-10-12-47-43(29-50-56(47)8)45-27-38(25-34(3)52-45)35(4)53-49-54-44-17-15-41(28-48(44)60(49)30-32)58-23-21-57(22-24-58)20-19-55(7)40-14-16-42-37(6)59(31-39(42)26-40)46-18-13-33(2)51-36(46)5/h14-17,25-29,32,46,51H,2,4-6,9-13,18-24,30-31H2,1,3,7-8H3,(H,53,54)/t32-,46?/m1/s1. The first kappa shape index (κ1) is 39.6. The number of fused-ring (bicyclic) bond motifs is 8. The monoisotopic (exact) mass is 804 g/mol. The van der Waals surface area contributed by atoms with Crippen LogP contribution >= 0.6 is 0 Å². The Morgan fingerprint density at radius 3 is 2.53 bits per heavy atom. The number of nitrogens with zero attached hydrogens (tertiary/aromatic N) is 9. The van der Waals surface area contributed by atoms with E-state index in [1.54, 1.807) is 0 Å². The summed E-state index contributed by atoms with van der Waals surface area (Å²) >= 11 is 0. The average molecular weight is 804 g/mol. The van der Waals surface area contributed by atoms with E-state index in [1.807, 2.05) is 24.9 Å². The summed E-state index contributed by atoms with van der Waals surface area (Å²) in [5.41, 5.74) is 16.5. The largest absolute Gasteiger partial charge is 0.373 e. The number of hydrogen-bond acceptors (Lipinski definition) is 9. The zero-order valence-corrected chi connectivity index (χ0v) is 36.1. The van der Waals surface area contributed by atoms with Gasteiger partial charge in [-0.05, 0) is 93.0 Å². The lowest BCUT2D eigenvalue weighted by Crippen LogP contribution is -2.48. The smallest absolute Gasteiger partial charge is 0.208 e. The Bertz CT molecular complexity index is 2480. The van der Waals surface area contributed by atoms with Crippen LogP contribution in [0, 0.1) is 12.8 Å². The second-order valence-electron chi connectivity index (χ2n) is 17.7. The molecule has 3 aromatic heterocycles. The molecule has 60 heavy (non-hydrogen) atoms. The Labute approximate surface area is 355 Å². The fourth-order valence-electron chi connectivity index (χ4n) is 9.75. The van der Waals surface area contributed by atoms with Crippen LogP contribution in [0.2, 0.25) is 0 Å². The van der Waals surface area contributed by atoms with Gasteiger partial charge in [0.25, 0.3) is 0 Å². The van der Waals surface area contributed by atoms with Gasteiger partial charge in [0.2, 0.25) is 5.95 Å². The number of allylic oxidation sites excluding steroid dienone is 1. The maximum absolute atomic E-state index is 5.16. The van der Waals surface area contributed by atoms with Gasteiger partial charge < -0.3 is 29.9 Å². The molecule has 5 aromatic rings. The lowest BCUT2D eigenvalue weighted by atomic mass is 10.0. The van der Waals surface area contributed by atoms with Crippen LogP contribution in [-0.4, -0.2) is 86.5 Å². The van der Waals surface area contributed by atoms with E-state index in [0.29, 0.717) is 5.92 Å². The summed E-state index contributed by atoms with van der Waals surface area (Å²) in [4.78, 5) is 20.1. The van der Waals surface area contributed by atoms with Crippen LogP contribution in [0.5, 0.6) is 0 Å². The number of pyridine rings is 1. The molecule has 0 radical (unpaired) electrons. The molecule has 0 amide bonds. The Hall–Kier alpha value is -5.81. The predicted molar refractivity (Wildman–Crippen MR) is 248 cm³/mol. The fraction of sp³-hybridized carbons (Fsp3) is 0.408. The van der Waals surface area contributed by atoms with E-state index in [9.17, 15) is 0 Å². The van der Waals surface area contributed by atoms with Crippen molar-refractivity contribution in [1.29, 1.82) is 0 Å². The number of nitrogens with one attached hydrogen (secondary N) is 2. The van der Waals surface area contributed by atoms with Gasteiger partial charge in [0, 0.05) is 129 Å². The SMILES string of the molecule is C=C1CCC(N2Cc3cc(N(C)CCN4CCN(c5ccc6nc7n(c6c5)C[C@H](C)CCCCc5c(cnn5C)-c5cc(cc(C)n5)C(=C)N7)CC4)ccc3C2=C)C(=C)N1. The number of aromatic nitrogens is 5. The molecule has 11 nitrogen and oxygen atoms in total. The topological polar surface area (TPSA) is 85.5 Å². The molecular formula is C49H61N11. The first-order chi connectivity index (χ1) is 29.0. The third-order valence-electron chi connectivity index (χ3n) is 13.3. The minimum Gasteiger partial charge on any atom is -0.373 e. The van der Waals surface area contributed by atoms with Gasteiger partial charge in [-0.25, -0.2) is 4.98 Å². The van der Waals surface area contributed by atoms with Crippen LogP contribution in [0.1, 0.15) is 67.1 Å². The quantitative estimate of drug-likeness (QED) is 0.176. The molecule has 4 aliphatic rings. The van der Waals surface area contributed by atoms with Crippen molar-refractivity contribution in [2.75, 3.05) is 61.4 Å². The van der Waals surface area contributed by atoms with E-state index in [4.69, 9.17) is 9.97 Å². The Kier molecular flexibility index (Phi) is 10.8. The highest BCUT2D eigenvalue weighted by molar-refractivity contribution is 5.85. The molecule has 2 fully saturated rings. The first-order valence-electron chi connectivity index (χ1n) is 21.9. The van der Waals surface area contributed by atoms with Crippen molar-refractivity contribution in [2.45, 2.75) is 71.5 Å². The average Bonchev–Trinajstić information content (AvgIpc) is 3.89. The molecule has 4 aliphatic heterocycles. The van der Waals surface area contributed by atoms with Crippen LogP contribution in [0.3, 0.4) is 0 Å². The molecule has 2 atom stereocenters. The number of imidazole rings is 1. The highest BCUT2D eigenvalue weighted by Crippen LogP contribution is 2.39. The summed E-state index contributed by atoms with van der Waals surface area (Å²) in [6.07, 6.45) is 8.33. The summed E-state index contributed by atoms with van der Waals surface area (Å²) < 4.78 is 4.40. The van der Waals surface area contributed by atoms with E-state index in [-0.39, 0.29) is 6.04 Å². The van der Waals surface area contributed by atoms with Gasteiger partial charge >= 0.3 is 0 Å². The van der Waals surface area contributed by atoms with Gasteiger partial charge in [0.15, 0.2) is 0 Å². The number of hydrogen-bond donors (Lipinski definition) is 2. The number of piperazine rings is 1. The van der Waals surface area contributed by atoms with Crippen LogP contribution in [-0.2, 0) is 26.6 Å². The number of piperidine rings is 1. The number of anilines is 3. The summed E-state index contributed by atoms with van der Waals surface area (Å²) in [5, 5.41) is 11.6. The van der Waals surface area contributed by atoms with Crippen molar-refractivity contribution < 1.29 is 0 Å². The Morgan fingerprint density at radius 1 is 0.883 bits per heavy atom. The van der Waals surface area contributed by atoms with Gasteiger partial charge in [-0.3, -0.25) is 14.6 Å².